The van der Waals surface area contributed by atoms with Gasteiger partial charge < -0.3 is 9.90 Å². The molecule has 0 aliphatic rings. The Labute approximate surface area is 127 Å². The molecule has 1 rings (SSSR count). The van der Waals surface area contributed by atoms with Gasteiger partial charge in [-0.15, -0.1) is 0 Å². The third-order valence-corrected chi connectivity index (χ3v) is 3.73. The molecule has 0 heterocycles. The number of carboxylic acids is 1. The number of benzene rings is 1. The summed E-state index contributed by atoms with van der Waals surface area (Å²) in [7, 11) is 0. The van der Waals surface area contributed by atoms with E-state index in [9.17, 15) is 14.3 Å². The average Bonchev–Trinajstić information content (AvgIpc) is 2.43. The van der Waals surface area contributed by atoms with Gasteiger partial charge in [-0.25, -0.2) is 4.39 Å². The molecule has 3 heteroatoms. The van der Waals surface area contributed by atoms with E-state index in [0.717, 1.165) is 38.5 Å². The summed E-state index contributed by atoms with van der Waals surface area (Å²) in [4.78, 5) is 10.8. The molecular weight excluding hydrogens is 267 g/mol. The van der Waals surface area contributed by atoms with Gasteiger partial charge in [0, 0.05) is 12.4 Å². The number of aliphatic carboxylic acids is 1. The Balaban J connectivity index is 2.91. The van der Waals surface area contributed by atoms with Crippen LogP contribution in [0.15, 0.2) is 12.1 Å². The molecule has 0 amide bonds. The first-order valence-corrected chi connectivity index (χ1v) is 8.08. The summed E-state index contributed by atoms with van der Waals surface area (Å²) in [5.41, 5.74) is 1.98. The van der Waals surface area contributed by atoms with Crippen LogP contribution < -0.4 is 5.11 Å². The SMILES string of the molecule is CCCCCc1cc(CC(=O)[O-])cc(CCCCC)c1F. The molecule has 21 heavy (non-hydrogen) atoms. The van der Waals surface area contributed by atoms with Crippen LogP contribution in [0.3, 0.4) is 0 Å². The minimum atomic E-state index is -1.11. The minimum Gasteiger partial charge on any atom is -0.550 e. The first-order chi connectivity index (χ1) is 10.1. The van der Waals surface area contributed by atoms with E-state index in [2.05, 4.69) is 13.8 Å². The van der Waals surface area contributed by atoms with Crippen LogP contribution in [0, 0.1) is 5.82 Å². The largest absolute Gasteiger partial charge is 0.550 e. The average molecular weight is 293 g/mol. The fraction of sp³-hybridized carbons (Fsp3) is 0.611. The molecule has 1 aromatic rings. The van der Waals surface area contributed by atoms with Crippen molar-refractivity contribution in [1.82, 2.24) is 0 Å². The van der Waals surface area contributed by atoms with Gasteiger partial charge in [0.2, 0.25) is 0 Å². The van der Waals surface area contributed by atoms with Crippen molar-refractivity contribution in [3.05, 3.63) is 34.6 Å². The lowest BCUT2D eigenvalue weighted by Gasteiger charge is -2.13. The van der Waals surface area contributed by atoms with Crippen LogP contribution in [0.5, 0.6) is 0 Å². The molecule has 0 unspecified atom stereocenters. The van der Waals surface area contributed by atoms with Crippen molar-refractivity contribution in [1.29, 1.82) is 0 Å². The summed E-state index contributed by atoms with van der Waals surface area (Å²) < 4.78 is 14.5. The fourth-order valence-corrected chi connectivity index (χ4v) is 2.59. The maximum atomic E-state index is 14.5. The normalized spacial score (nSPS) is 10.8. The van der Waals surface area contributed by atoms with Gasteiger partial charge in [-0.05, 0) is 42.4 Å². The zero-order valence-corrected chi connectivity index (χ0v) is 13.2. The van der Waals surface area contributed by atoms with Crippen LogP contribution in [-0.2, 0) is 24.1 Å². The molecule has 2 nitrogen and oxygen atoms in total. The number of aryl methyl sites for hydroxylation is 2. The van der Waals surface area contributed by atoms with Crippen LogP contribution in [0.1, 0.15) is 69.1 Å². The lowest BCUT2D eigenvalue weighted by molar-refractivity contribution is -0.304. The van der Waals surface area contributed by atoms with Crippen molar-refractivity contribution in [2.24, 2.45) is 0 Å². The quantitative estimate of drug-likeness (QED) is 0.619. The topological polar surface area (TPSA) is 40.1 Å². The Hall–Kier alpha value is -1.38. The maximum Gasteiger partial charge on any atom is 0.129 e. The van der Waals surface area contributed by atoms with E-state index in [1.54, 1.807) is 12.1 Å². The predicted octanol–water partition coefficient (Wildman–Crippen LogP) is 3.58. The zero-order chi connectivity index (χ0) is 15.7. The highest BCUT2D eigenvalue weighted by Gasteiger charge is 2.11. The number of carbonyl (C=O) groups excluding carboxylic acids is 1. The summed E-state index contributed by atoms with van der Waals surface area (Å²) in [6.45, 7) is 4.22. The number of carbonyl (C=O) groups is 1. The number of rotatable bonds is 10. The maximum absolute atomic E-state index is 14.5. The van der Waals surface area contributed by atoms with Crippen LogP contribution >= 0.6 is 0 Å². The fourth-order valence-electron chi connectivity index (χ4n) is 2.59. The highest BCUT2D eigenvalue weighted by molar-refractivity contribution is 5.68. The van der Waals surface area contributed by atoms with E-state index in [-0.39, 0.29) is 12.2 Å². The van der Waals surface area contributed by atoms with Gasteiger partial charge in [0.1, 0.15) is 5.82 Å². The third-order valence-electron chi connectivity index (χ3n) is 3.73. The molecule has 0 atom stereocenters. The van der Waals surface area contributed by atoms with Gasteiger partial charge >= 0.3 is 0 Å². The Morgan fingerprint density at radius 1 is 1.00 bits per heavy atom. The number of halogens is 1. The first kappa shape index (κ1) is 17.7. The molecule has 118 valence electrons. The van der Waals surface area contributed by atoms with Crippen molar-refractivity contribution < 1.29 is 14.3 Å². The Kier molecular flexibility index (Phi) is 8.03. The summed E-state index contributed by atoms with van der Waals surface area (Å²) in [6.07, 6.45) is 7.41. The summed E-state index contributed by atoms with van der Waals surface area (Å²) >= 11 is 0. The Bertz CT molecular complexity index is 424. The second-order valence-electron chi connectivity index (χ2n) is 5.69. The van der Waals surface area contributed by atoms with Crippen LogP contribution in [0.2, 0.25) is 0 Å². The molecule has 0 saturated heterocycles. The number of hydrogen-bond acceptors (Lipinski definition) is 2. The van der Waals surface area contributed by atoms with Crippen LogP contribution in [0.4, 0.5) is 4.39 Å². The molecule has 0 saturated carbocycles. The van der Waals surface area contributed by atoms with E-state index >= 15 is 0 Å². The van der Waals surface area contributed by atoms with Gasteiger partial charge in [0.25, 0.3) is 0 Å². The second-order valence-corrected chi connectivity index (χ2v) is 5.69. The van der Waals surface area contributed by atoms with E-state index in [1.165, 1.54) is 0 Å². The third kappa shape index (κ3) is 6.28. The molecule has 0 aromatic heterocycles. The van der Waals surface area contributed by atoms with E-state index < -0.39 is 5.97 Å². The molecule has 0 N–H and O–H groups in total. The molecular formula is C18H26FO2-. The minimum absolute atomic E-state index is 0.135. The van der Waals surface area contributed by atoms with Crippen molar-refractivity contribution in [3.63, 3.8) is 0 Å². The lowest BCUT2D eigenvalue weighted by atomic mass is 9.96. The number of hydrogen-bond donors (Lipinski definition) is 0. The lowest BCUT2D eigenvalue weighted by Crippen LogP contribution is -2.24. The standard InChI is InChI=1S/C18H27FO2/c1-3-5-7-9-15-11-14(13-17(20)21)12-16(18(15)19)10-8-6-4-2/h11-12H,3-10,13H2,1-2H3,(H,20,21)/p-1. The smallest absolute Gasteiger partial charge is 0.129 e. The van der Waals surface area contributed by atoms with Gasteiger partial charge in [0.05, 0.1) is 0 Å². The molecule has 0 radical (unpaired) electrons. The van der Waals surface area contributed by atoms with Crippen LogP contribution in [0.25, 0.3) is 0 Å². The van der Waals surface area contributed by atoms with E-state index in [1.807, 2.05) is 0 Å². The molecule has 0 aliphatic carbocycles. The molecule has 0 fully saturated rings. The number of carboxylic acid groups (broad SMARTS) is 1. The predicted molar refractivity (Wildman–Crippen MR) is 81.6 cm³/mol. The summed E-state index contributed by atoms with van der Waals surface area (Å²) in [5.74, 6) is -1.25. The highest BCUT2D eigenvalue weighted by atomic mass is 19.1. The van der Waals surface area contributed by atoms with Crippen LogP contribution in [-0.4, -0.2) is 5.97 Å². The molecule has 0 bridgehead atoms. The second kappa shape index (κ2) is 9.54. The van der Waals surface area contributed by atoms with Crippen molar-refractivity contribution in [3.8, 4) is 0 Å². The first-order valence-electron chi connectivity index (χ1n) is 8.08. The monoisotopic (exact) mass is 293 g/mol. The summed E-state index contributed by atoms with van der Waals surface area (Å²) in [6, 6.07) is 3.40. The summed E-state index contributed by atoms with van der Waals surface area (Å²) in [5, 5.41) is 10.8. The molecule has 0 spiro atoms. The van der Waals surface area contributed by atoms with Crippen molar-refractivity contribution in [2.75, 3.05) is 0 Å². The van der Waals surface area contributed by atoms with E-state index in [0.29, 0.717) is 29.5 Å². The molecule has 1 aromatic carbocycles. The van der Waals surface area contributed by atoms with E-state index in [4.69, 9.17) is 0 Å². The van der Waals surface area contributed by atoms with Gasteiger partial charge in [-0.1, -0.05) is 51.7 Å². The number of unbranched alkanes of at least 4 members (excludes halogenated alkanes) is 4. The Morgan fingerprint density at radius 3 is 1.86 bits per heavy atom. The highest BCUT2D eigenvalue weighted by Crippen LogP contribution is 2.21. The Morgan fingerprint density at radius 2 is 1.48 bits per heavy atom. The van der Waals surface area contributed by atoms with Gasteiger partial charge in [-0.2, -0.15) is 0 Å². The molecule has 0 aliphatic heterocycles. The zero-order valence-electron chi connectivity index (χ0n) is 13.2. The van der Waals surface area contributed by atoms with Gasteiger partial charge in [-0.3, -0.25) is 0 Å². The van der Waals surface area contributed by atoms with Crippen molar-refractivity contribution >= 4 is 5.97 Å². The van der Waals surface area contributed by atoms with Gasteiger partial charge in [0.15, 0.2) is 0 Å². The van der Waals surface area contributed by atoms with Crippen molar-refractivity contribution in [2.45, 2.75) is 71.6 Å².